The smallest absolute Gasteiger partial charge is 0.224 e. The van der Waals surface area contributed by atoms with Crippen LogP contribution in [0.5, 0.6) is 5.75 Å². The number of benzene rings is 2. The molecule has 7 nitrogen and oxygen atoms in total. The lowest BCUT2D eigenvalue weighted by atomic mass is 10.1. The number of morpholine rings is 1. The fraction of sp³-hybridized carbons (Fsp3) is 0.320. The van der Waals surface area contributed by atoms with Crippen LogP contribution in [0.3, 0.4) is 0 Å². The average Bonchev–Trinajstić information content (AvgIpc) is 2.85. The van der Waals surface area contributed by atoms with Gasteiger partial charge in [0.2, 0.25) is 5.91 Å². The molecule has 1 aliphatic rings. The number of hydrogen-bond acceptors (Lipinski definition) is 6. The van der Waals surface area contributed by atoms with E-state index in [9.17, 15) is 9.18 Å². The van der Waals surface area contributed by atoms with Crippen molar-refractivity contribution in [3.05, 3.63) is 77.9 Å². The molecule has 8 heteroatoms. The van der Waals surface area contributed by atoms with E-state index in [1.807, 2.05) is 30.3 Å². The summed E-state index contributed by atoms with van der Waals surface area (Å²) < 4.78 is 25.7. The van der Waals surface area contributed by atoms with Crippen LogP contribution in [-0.2, 0) is 22.5 Å². The first kappa shape index (κ1) is 22.8. The van der Waals surface area contributed by atoms with E-state index < -0.39 is 5.82 Å². The van der Waals surface area contributed by atoms with Gasteiger partial charge in [0.05, 0.1) is 25.2 Å². The topological polar surface area (TPSA) is 76.6 Å². The van der Waals surface area contributed by atoms with Crippen LogP contribution in [-0.4, -0.2) is 60.2 Å². The first-order valence-electron chi connectivity index (χ1n) is 11.0. The number of rotatable bonds is 9. The number of carbonyl (C=O) groups excluding carboxylic acids is 1. The Hall–Kier alpha value is -3.36. The van der Waals surface area contributed by atoms with Gasteiger partial charge >= 0.3 is 0 Å². The van der Waals surface area contributed by atoms with Crippen LogP contribution in [0.4, 0.5) is 4.39 Å². The minimum atomic E-state index is -0.452. The number of nitrogens with one attached hydrogen (secondary N) is 1. The minimum absolute atomic E-state index is 0.125. The zero-order valence-electron chi connectivity index (χ0n) is 18.4. The minimum Gasteiger partial charge on any atom is -0.492 e. The number of halogens is 1. The van der Waals surface area contributed by atoms with E-state index in [0.717, 1.165) is 38.4 Å². The maximum atomic E-state index is 14.6. The van der Waals surface area contributed by atoms with Crippen molar-refractivity contribution in [3.8, 4) is 17.1 Å². The Morgan fingerprint density at radius 3 is 2.55 bits per heavy atom. The van der Waals surface area contributed by atoms with Crippen LogP contribution in [0.1, 0.15) is 11.1 Å². The van der Waals surface area contributed by atoms with E-state index in [0.29, 0.717) is 24.5 Å². The summed E-state index contributed by atoms with van der Waals surface area (Å²) in [5.41, 5.74) is 1.98. The highest BCUT2D eigenvalue weighted by atomic mass is 19.1. The molecule has 1 fully saturated rings. The number of hydrogen-bond donors (Lipinski definition) is 1. The summed E-state index contributed by atoms with van der Waals surface area (Å²) in [6.07, 6.45) is 3.26. The second kappa shape index (κ2) is 11.5. The Labute approximate surface area is 192 Å². The maximum Gasteiger partial charge on any atom is 0.224 e. The molecule has 1 N–H and O–H groups in total. The van der Waals surface area contributed by atoms with Crippen molar-refractivity contribution in [2.45, 2.75) is 13.0 Å². The molecular weight excluding hydrogens is 423 g/mol. The molecule has 0 radical (unpaired) electrons. The zero-order valence-corrected chi connectivity index (χ0v) is 18.4. The number of aromatic nitrogens is 2. The molecule has 33 heavy (non-hydrogen) atoms. The van der Waals surface area contributed by atoms with Crippen molar-refractivity contribution in [1.29, 1.82) is 0 Å². The van der Waals surface area contributed by atoms with Crippen LogP contribution in [0.15, 0.2) is 60.9 Å². The lowest BCUT2D eigenvalue weighted by Gasteiger charge is -2.26. The number of ether oxygens (including phenoxy) is 2. The van der Waals surface area contributed by atoms with E-state index in [1.165, 1.54) is 6.07 Å². The van der Waals surface area contributed by atoms with Crippen molar-refractivity contribution >= 4 is 5.91 Å². The first-order valence-corrected chi connectivity index (χ1v) is 11.0. The van der Waals surface area contributed by atoms with Gasteiger partial charge in [-0.2, -0.15) is 0 Å². The highest BCUT2D eigenvalue weighted by Crippen LogP contribution is 2.23. The monoisotopic (exact) mass is 450 g/mol. The number of amides is 1. The van der Waals surface area contributed by atoms with Crippen molar-refractivity contribution in [1.82, 2.24) is 20.2 Å². The summed E-state index contributed by atoms with van der Waals surface area (Å²) in [5.74, 6) is 0.157. The molecule has 2 aromatic carbocycles. The molecule has 4 rings (SSSR count). The van der Waals surface area contributed by atoms with E-state index >= 15 is 0 Å². The van der Waals surface area contributed by atoms with Crippen LogP contribution in [0.2, 0.25) is 0 Å². The number of nitrogens with zero attached hydrogens (tertiary/aromatic N) is 3. The van der Waals surface area contributed by atoms with Gasteiger partial charge in [0, 0.05) is 44.6 Å². The fourth-order valence-corrected chi connectivity index (χ4v) is 3.51. The summed E-state index contributed by atoms with van der Waals surface area (Å²) in [7, 11) is 0. The van der Waals surface area contributed by atoms with Crippen molar-refractivity contribution < 1.29 is 18.7 Å². The quantitative estimate of drug-likeness (QED) is 0.540. The van der Waals surface area contributed by atoms with Gasteiger partial charge < -0.3 is 14.8 Å². The molecule has 0 atom stereocenters. The third-order valence-corrected chi connectivity index (χ3v) is 5.36. The van der Waals surface area contributed by atoms with Gasteiger partial charge in [0.25, 0.3) is 0 Å². The molecule has 3 aromatic rings. The molecular formula is C25H27FN4O3. The first-order chi connectivity index (χ1) is 16.2. The third kappa shape index (κ3) is 6.81. The standard InChI is InChI=1S/C25H27FN4O3/c26-23-15-21(33-13-10-30-8-11-32-12-9-30)6-7-22(23)25-28-17-20(18-29-25)14-24(31)27-16-19-4-2-1-3-5-19/h1-7,15,17-18H,8-14,16H2,(H,27,31). The van der Waals surface area contributed by atoms with Crippen LogP contribution < -0.4 is 10.1 Å². The van der Waals surface area contributed by atoms with Gasteiger partial charge in [-0.3, -0.25) is 9.69 Å². The molecule has 1 aliphatic heterocycles. The maximum absolute atomic E-state index is 14.6. The third-order valence-electron chi connectivity index (χ3n) is 5.36. The molecule has 0 saturated carbocycles. The fourth-order valence-electron chi connectivity index (χ4n) is 3.51. The van der Waals surface area contributed by atoms with E-state index in [1.54, 1.807) is 24.5 Å². The number of carbonyl (C=O) groups is 1. The summed E-state index contributed by atoms with van der Waals surface area (Å²) in [5, 5.41) is 2.87. The van der Waals surface area contributed by atoms with Gasteiger partial charge in [-0.15, -0.1) is 0 Å². The molecule has 1 saturated heterocycles. The molecule has 0 unspecified atom stereocenters. The second-order valence-corrected chi connectivity index (χ2v) is 7.80. The van der Waals surface area contributed by atoms with Gasteiger partial charge in [0.15, 0.2) is 5.82 Å². The predicted octanol–water partition coefficient (Wildman–Crippen LogP) is 2.85. The Kier molecular flexibility index (Phi) is 7.94. The van der Waals surface area contributed by atoms with Gasteiger partial charge in [-0.25, -0.2) is 14.4 Å². The molecule has 2 heterocycles. The summed E-state index contributed by atoms with van der Waals surface area (Å²) >= 11 is 0. The summed E-state index contributed by atoms with van der Waals surface area (Å²) in [6, 6.07) is 14.4. The van der Waals surface area contributed by atoms with E-state index in [2.05, 4.69) is 20.2 Å². The Morgan fingerprint density at radius 2 is 1.82 bits per heavy atom. The van der Waals surface area contributed by atoms with Gasteiger partial charge in [0.1, 0.15) is 18.2 Å². The molecule has 1 aromatic heterocycles. The summed E-state index contributed by atoms with van der Waals surface area (Å²) in [6.45, 7) is 4.97. The molecule has 172 valence electrons. The van der Waals surface area contributed by atoms with Crippen molar-refractivity contribution in [2.75, 3.05) is 39.5 Å². The van der Waals surface area contributed by atoms with Crippen molar-refractivity contribution in [2.24, 2.45) is 0 Å². The zero-order chi connectivity index (χ0) is 22.9. The highest BCUT2D eigenvalue weighted by Gasteiger charge is 2.13. The molecule has 0 bridgehead atoms. The molecule has 1 amide bonds. The van der Waals surface area contributed by atoms with Crippen LogP contribution >= 0.6 is 0 Å². The second-order valence-electron chi connectivity index (χ2n) is 7.80. The van der Waals surface area contributed by atoms with Crippen LogP contribution in [0, 0.1) is 5.82 Å². The highest BCUT2D eigenvalue weighted by molar-refractivity contribution is 5.78. The average molecular weight is 451 g/mol. The largest absolute Gasteiger partial charge is 0.492 e. The van der Waals surface area contributed by atoms with E-state index in [4.69, 9.17) is 9.47 Å². The van der Waals surface area contributed by atoms with Gasteiger partial charge in [-0.05, 0) is 23.3 Å². The predicted molar refractivity (Wildman–Crippen MR) is 122 cm³/mol. The Balaban J connectivity index is 1.28. The van der Waals surface area contributed by atoms with E-state index in [-0.39, 0.29) is 23.7 Å². The van der Waals surface area contributed by atoms with Crippen LogP contribution in [0.25, 0.3) is 11.4 Å². The van der Waals surface area contributed by atoms with Gasteiger partial charge in [-0.1, -0.05) is 30.3 Å². The molecule has 0 aliphatic carbocycles. The Bertz CT molecular complexity index is 1040. The van der Waals surface area contributed by atoms with Crippen molar-refractivity contribution in [3.63, 3.8) is 0 Å². The lowest BCUT2D eigenvalue weighted by Crippen LogP contribution is -2.38. The Morgan fingerprint density at radius 1 is 1.06 bits per heavy atom. The summed E-state index contributed by atoms with van der Waals surface area (Å²) in [4.78, 5) is 22.9. The lowest BCUT2D eigenvalue weighted by molar-refractivity contribution is -0.120. The SMILES string of the molecule is O=C(Cc1cnc(-c2ccc(OCCN3CCOCC3)cc2F)nc1)NCc1ccccc1. The normalized spacial score (nSPS) is 14.1. The molecule has 0 spiro atoms.